The number of nitrogen functional groups attached to an aromatic ring is 1. The van der Waals surface area contributed by atoms with Gasteiger partial charge in [-0.1, -0.05) is 19.1 Å². The third kappa shape index (κ3) is 1.99. The van der Waals surface area contributed by atoms with Crippen molar-refractivity contribution in [2.45, 2.75) is 13.3 Å². The third-order valence-corrected chi connectivity index (χ3v) is 2.48. The molecule has 0 aliphatic rings. The summed E-state index contributed by atoms with van der Waals surface area (Å²) in [4.78, 5) is 4.13. The van der Waals surface area contributed by atoms with Crippen LogP contribution >= 0.6 is 0 Å². The van der Waals surface area contributed by atoms with E-state index in [4.69, 9.17) is 5.73 Å². The van der Waals surface area contributed by atoms with E-state index in [2.05, 4.69) is 18.0 Å². The van der Waals surface area contributed by atoms with E-state index in [1.807, 2.05) is 36.7 Å². The molecule has 0 bridgehead atoms. The van der Waals surface area contributed by atoms with Crippen LogP contribution in [0, 0.1) is 0 Å². The molecule has 0 fully saturated rings. The summed E-state index contributed by atoms with van der Waals surface area (Å²) in [5.41, 5.74) is 10.2. The standard InChI is InChI=1S/C13H14N2/c1-2-10-9-15-7-6-13(10)11-4-3-5-12(14)8-11/h3-9H,2,14H2,1H3. The summed E-state index contributed by atoms with van der Waals surface area (Å²) >= 11 is 0. The van der Waals surface area contributed by atoms with Gasteiger partial charge in [-0.15, -0.1) is 0 Å². The Morgan fingerprint density at radius 2 is 2.13 bits per heavy atom. The lowest BCUT2D eigenvalue weighted by molar-refractivity contribution is 1.11. The lowest BCUT2D eigenvalue weighted by Crippen LogP contribution is -1.90. The van der Waals surface area contributed by atoms with Gasteiger partial charge in [-0.3, -0.25) is 4.98 Å². The lowest BCUT2D eigenvalue weighted by atomic mass is 10.00. The number of pyridine rings is 1. The second kappa shape index (κ2) is 4.13. The van der Waals surface area contributed by atoms with Crippen molar-refractivity contribution < 1.29 is 0 Å². The van der Waals surface area contributed by atoms with Gasteiger partial charge in [-0.05, 0) is 41.3 Å². The normalized spacial score (nSPS) is 10.2. The van der Waals surface area contributed by atoms with Crippen molar-refractivity contribution in [1.29, 1.82) is 0 Å². The number of aromatic nitrogens is 1. The summed E-state index contributed by atoms with van der Waals surface area (Å²) in [7, 11) is 0. The van der Waals surface area contributed by atoms with Gasteiger partial charge >= 0.3 is 0 Å². The van der Waals surface area contributed by atoms with Gasteiger partial charge in [0, 0.05) is 18.1 Å². The average Bonchev–Trinajstić information content (AvgIpc) is 2.29. The van der Waals surface area contributed by atoms with E-state index >= 15 is 0 Å². The van der Waals surface area contributed by atoms with Crippen LogP contribution in [-0.4, -0.2) is 4.98 Å². The molecule has 2 rings (SSSR count). The average molecular weight is 198 g/mol. The van der Waals surface area contributed by atoms with Crippen molar-refractivity contribution in [2.75, 3.05) is 5.73 Å². The Labute approximate surface area is 89.8 Å². The SMILES string of the molecule is CCc1cnccc1-c1cccc(N)c1. The summed E-state index contributed by atoms with van der Waals surface area (Å²) in [6, 6.07) is 9.98. The van der Waals surface area contributed by atoms with Crippen LogP contribution in [-0.2, 0) is 6.42 Å². The Hall–Kier alpha value is -1.83. The van der Waals surface area contributed by atoms with Crippen molar-refractivity contribution in [2.24, 2.45) is 0 Å². The molecule has 1 heterocycles. The van der Waals surface area contributed by atoms with Crippen LogP contribution < -0.4 is 5.73 Å². The van der Waals surface area contributed by atoms with Crippen molar-refractivity contribution in [3.8, 4) is 11.1 Å². The zero-order valence-electron chi connectivity index (χ0n) is 8.77. The molecule has 0 aliphatic heterocycles. The largest absolute Gasteiger partial charge is 0.399 e. The highest BCUT2D eigenvalue weighted by molar-refractivity contribution is 5.69. The van der Waals surface area contributed by atoms with Crippen LogP contribution in [0.4, 0.5) is 5.69 Å². The fourth-order valence-electron chi connectivity index (χ4n) is 1.70. The molecule has 0 aliphatic carbocycles. The first-order chi connectivity index (χ1) is 7.31. The Bertz CT molecular complexity index is 464. The summed E-state index contributed by atoms with van der Waals surface area (Å²) in [5, 5.41) is 0. The first-order valence-electron chi connectivity index (χ1n) is 5.10. The summed E-state index contributed by atoms with van der Waals surface area (Å²) in [6.45, 7) is 2.13. The number of rotatable bonds is 2. The Kier molecular flexibility index (Phi) is 2.68. The number of nitrogens with two attached hydrogens (primary N) is 1. The number of benzene rings is 1. The van der Waals surface area contributed by atoms with E-state index in [1.165, 1.54) is 11.1 Å². The van der Waals surface area contributed by atoms with Gasteiger partial charge < -0.3 is 5.73 Å². The molecular weight excluding hydrogens is 184 g/mol. The number of aryl methyl sites for hydroxylation is 1. The van der Waals surface area contributed by atoms with Gasteiger partial charge in [0.1, 0.15) is 0 Å². The first-order valence-corrected chi connectivity index (χ1v) is 5.10. The zero-order valence-corrected chi connectivity index (χ0v) is 8.77. The van der Waals surface area contributed by atoms with E-state index in [0.29, 0.717) is 0 Å². The van der Waals surface area contributed by atoms with Gasteiger partial charge in [-0.25, -0.2) is 0 Å². The van der Waals surface area contributed by atoms with E-state index in [0.717, 1.165) is 17.7 Å². The highest BCUT2D eigenvalue weighted by Crippen LogP contribution is 2.24. The molecule has 15 heavy (non-hydrogen) atoms. The summed E-state index contributed by atoms with van der Waals surface area (Å²) < 4.78 is 0. The Morgan fingerprint density at radius 1 is 1.27 bits per heavy atom. The first kappa shape index (κ1) is 9.71. The maximum atomic E-state index is 5.77. The number of hydrogen-bond donors (Lipinski definition) is 1. The zero-order chi connectivity index (χ0) is 10.7. The molecule has 1 aromatic heterocycles. The van der Waals surface area contributed by atoms with Crippen molar-refractivity contribution >= 4 is 5.69 Å². The predicted molar refractivity (Wildman–Crippen MR) is 63.5 cm³/mol. The minimum atomic E-state index is 0.798. The predicted octanol–water partition coefficient (Wildman–Crippen LogP) is 2.89. The summed E-state index contributed by atoms with van der Waals surface area (Å²) in [5.74, 6) is 0. The van der Waals surface area contributed by atoms with Crippen LogP contribution in [0.2, 0.25) is 0 Å². The highest BCUT2D eigenvalue weighted by atomic mass is 14.6. The van der Waals surface area contributed by atoms with Gasteiger partial charge in [0.2, 0.25) is 0 Å². The molecule has 2 N–H and O–H groups in total. The van der Waals surface area contributed by atoms with Crippen LogP contribution in [0.15, 0.2) is 42.7 Å². The lowest BCUT2D eigenvalue weighted by Gasteiger charge is -2.07. The van der Waals surface area contributed by atoms with E-state index in [9.17, 15) is 0 Å². The topological polar surface area (TPSA) is 38.9 Å². The number of hydrogen-bond acceptors (Lipinski definition) is 2. The van der Waals surface area contributed by atoms with E-state index in [1.54, 1.807) is 0 Å². The van der Waals surface area contributed by atoms with Crippen LogP contribution in [0.1, 0.15) is 12.5 Å². The van der Waals surface area contributed by atoms with Gasteiger partial charge in [0.25, 0.3) is 0 Å². The molecular formula is C13H14N2. The molecule has 0 amide bonds. The molecule has 0 unspecified atom stereocenters. The van der Waals surface area contributed by atoms with Crippen LogP contribution in [0.5, 0.6) is 0 Å². The molecule has 0 radical (unpaired) electrons. The Morgan fingerprint density at radius 3 is 2.87 bits per heavy atom. The van der Waals surface area contributed by atoms with Crippen molar-refractivity contribution in [3.63, 3.8) is 0 Å². The third-order valence-electron chi connectivity index (χ3n) is 2.48. The fraction of sp³-hybridized carbons (Fsp3) is 0.154. The molecule has 2 aromatic rings. The van der Waals surface area contributed by atoms with Gasteiger partial charge in [0.15, 0.2) is 0 Å². The molecule has 1 aromatic carbocycles. The second-order valence-electron chi connectivity index (χ2n) is 3.51. The maximum Gasteiger partial charge on any atom is 0.0320 e. The van der Waals surface area contributed by atoms with Gasteiger partial charge in [-0.2, -0.15) is 0 Å². The Balaban J connectivity index is 2.53. The van der Waals surface area contributed by atoms with Crippen molar-refractivity contribution in [3.05, 3.63) is 48.3 Å². The molecule has 0 saturated carbocycles. The maximum absolute atomic E-state index is 5.77. The smallest absolute Gasteiger partial charge is 0.0320 e. The molecule has 2 heteroatoms. The summed E-state index contributed by atoms with van der Waals surface area (Å²) in [6.07, 6.45) is 4.72. The molecule has 0 spiro atoms. The fourth-order valence-corrected chi connectivity index (χ4v) is 1.70. The van der Waals surface area contributed by atoms with Crippen LogP contribution in [0.3, 0.4) is 0 Å². The number of nitrogens with zero attached hydrogens (tertiary/aromatic N) is 1. The molecule has 0 saturated heterocycles. The molecule has 2 nitrogen and oxygen atoms in total. The molecule has 76 valence electrons. The van der Waals surface area contributed by atoms with E-state index < -0.39 is 0 Å². The second-order valence-corrected chi connectivity index (χ2v) is 3.51. The molecule has 0 atom stereocenters. The monoisotopic (exact) mass is 198 g/mol. The minimum Gasteiger partial charge on any atom is -0.399 e. The van der Waals surface area contributed by atoms with Crippen molar-refractivity contribution in [1.82, 2.24) is 4.98 Å². The minimum absolute atomic E-state index is 0.798. The van der Waals surface area contributed by atoms with E-state index in [-0.39, 0.29) is 0 Å². The number of anilines is 1. The highest BCUT2D eigenvalue weighted by Gasteiger charge is 2.02. The van der Waals surface area contributed by atoms with Gasteiger partial charge in [0.05, 0.1) is 0 Å². The van der Waals surface area contributed by atoms with Crippen LogP contribution in [0.25, 0.3) is 11.1 Å². The quantitative estimate of drug-likeness (QED) is 0.753.